The van der Waals surface area contributed by atoms with Crippen molar-refractivity contribution in [3.05, 3.63) is 45.3 Å². The second-order valence-electron chi connectivity index (χ2n) is 6.13. The number of carbonyl (C=O) groups is 1. The summed E-state index contributed by atoms with van der Waals surface area (Å²) in [5.41, 5.74) is 0.866. The summed E-state index contributed by atoms with van der Waals surface area (Å²) in [6.07, 6.45) is 1.83. The van der Waals surface area contributed by atoms with E-state index in [4.69, 9.17) is 23.2 Å². The molecule has 1 aliphatic rings. The Morgan fingerprint density at radius 2 is 1.73 bits per heavy atom. The molecule has 5 nitrogen and oxygen atoms in total. The van der Waals surface area contributed by atoms with Gasteiger partial charge in [-0.25, -0.2) is 12.7 Å². The molecule has 2 aromatic rings. The maximum atomic E-state index is 12.8. The molecule has 1 aromatic carbocycles. The lowest BCUT2D eigenvalue weighted by atomic mass is 10.2. The molecule has 1 amide bonds. The molecule has 1 fully saturated rings. The first-order valence-corrected chi connectivity index (χ1v) is 11.5. The van der Waals surface area contributed by atoms with E-state index in [1.165, 1.54) is 21.9 Å². The molecule has 2 heterocycles. The van der Waals surface area contributed by atoms with Crippen molar-refractivity contribution in [2.75, 3.05) is 32.4 Å². The predicted molar refractivity (Wildman–Crippen MR) is 107 cm³/mol. The molecule has 3 rings (SSSR count). The van der Waals surface area contributed by atoms with Crippen molar-refractivity contribution in [2.24, 2.45) is 0 Å². The lowest BCUT2D eigenvalue weighted by Gasteiger charge is -2.20. The molecule has 0 atom stereocenters. The largest absolute Gasteiger partial charge is 0.337 e. The van der Waals surface area contributed by atoms with E-state index in [9.17, 15) is 13.2 Å². The fourth-order valence-corrected chi connectivity index (χ4v) is 5.25. The van der Waals surface area contributed by atoms with Crippen LogP contribution in [0.25, 0.3) is 10.4 Å². The van der Waals surface area contributed by atoms with Crippen LogP contribution in [0.1, 0.15) is 16.1 Å². The van der Waals surface area contributed by atoms with Gasteiger partial charge in [0.1, 0.15) is 0 Å². The summed E-state index contributed by atoms with van der Waals surface area (Å²) in [6, 6.07) is 8.95. The van der Waals surface area contributed by atoms with Gasteiger partial charge in [0, 0.05) is 41.1 Å². The number of rotatable bonds is 3. The van der Waals surface area contributed by atoms with Crippen LogP contribution in [0.5, 0.6) is 0 Å². The van der Waals surface area contributed by atoms with Crippen LogP contribution >= 0.6 is 34.5 Å². The van der Waals surface area contributed by atoms with Gasteiger partial charge in [0.25, 0.3) is 5.91 Å². The van der Waals surface area contributed by atoms with E-state index in [0.717, 1.165) is 10.4 Å². The molecule has 0 N–H and O–H groups in total. The third kappa shape index (κ3) is 4.58. The number of nitrogens with zero attached hydrogens (tertiary/aromatic N) is 2. The zero-order valence-corrected chi connectivity index (χ0v) is 17.3. The van der Waals surface area contributed by atoms with Crippen molar-refractivity contribution in [3.8, 4) is 10.4 Å². The van der Waals surface area contributed by atoms with Crippen molar-refractivity contribution in [1.29, 1.82) is 0 Å². The third-order valence-corrected chi connectivity index (χ3v) is 7.04. The molecule has 1 saturated heterocycles. The Bertz CT molecular complexity index is 908. The van der Waals surface area contributed by atoms with Gasteiger partial charge in [-0.1, -0.05) is 23.2 Å². The van der Waals surface area contributed by atoms with Crippen LogP contribution in [0, 0.1) is 0 Å². The predicted octanol–water partition coefficient (Wildman–Crippen LogP) is 3.83. The molecular formula is C17H18Cl2N2O3S2. The molecule has 0 unspecified atom stereocenters. The molecule has 0 saturated carbocycles. The normalized spacial score (nSPS) is 16.5. The summed E-state index contributed by atoms with van der Waals surface area (Å²) in [5.74, 6) is -0.0790. The lowest BCUT2D eigenvalue weighted by molar-refractivity contribution is 0.0769. The third-order valence-electron chi connectivity index (χ3n) is 4.17. The minimum atomic E-state index is -3.23. The van der Waals surface area contributed by atoms with E-state index in [2.05, 4.69) is 0 Å². The highest BCUT2D eigenvalue weighted by Gasteiger charge is 2.25. The van der Waals surface area contributed by atoms with Gasteiger partial charge in [0.2, 0.25) is 10.0 Å². The van der Waals surface area contributed by atoms with Gasteiger partial charge < -0.3 is 4.90 Å². The second kappa shape index (κ2) is 7.86. The number of hydrogen-bond donors (Lipinski definition) is 0. The van der Waals surface area contributed by atoms with Crippen molar-refractivity contribution in [2.45, 2.75) is 6.42 Å². The highest BCUT2D eigenvalue weighted by Crippen LogP contribution is 2.32. The monoisotopic (exact) mass is 432 g/mol. The van der Waals surface area contributed by atoms with Crippen LogP contribution < -0.4 is 0 Å². The summed E-state index contributed by atoms with van der Waals surface area (Å²) in [5, 5.41) is 1.09. The van der Waals surface area contributed by atoms with E-state index in [0.29, 0.717) is 47.5 Å². The quantitative estimate of drug-likeness (QED) is 0.740. The first-order chi connectivity index (χ1) is 12.2. The van der Waals surface area contributed by atoms with Gasteiger partial charge in [0.15, 0.2) is 0 Å². The topological polar surface area (TPSA) is 57.7 Å². The fourth-order valence-electron chi connectivity index (χ4n) is 2.89. The van der Waals surface area contributed by atoms with Gasteiger partial charge >= 0.3 is 0 Å². The number of halogens is 2. The van der Waals surface area contributed by atoms with Gasteiger partial charge in [-0.15, -0.1) is 11.3 Å². The SMILES string of the molecule is CS(=O)(=O)N1CCCN(C(=O)c2ccc(-c3cc(Cl)cc(Cl)c3)s2)CC1. The first kappa shape index (κ1) is 19.6. The zero-order chi connectivity index (χ0) is 18.9. The maximum absolute atomic E-state index is 12.8. The Morgan fingerprint density at radius 3 is 2.38 bits per heavy atom. The molecular weight excluding hydrogens is 415 g/mol. The number of amides is 1. The van der Waals surface area contributed by atoms with Crippen LogP contribution in [0.4, 0.5) is 0 Å². The number of benzene rings is 1. The molecule has 0 aliphatic carbocycles. The maximum Gasteiger partial charge on any atom is 0.263 e. The minimum Gasteiger partial charge on any atom is -0.337 e. The second-order valence-corrected chi connectivity index (χ2v) is 10.1. The van der Waals surface area contributed by atoms with Crippen LogP contribution in [0.2, 0.25) is 10.0 Å². The van der Waals surface area contributed by atoms with Crippen molar-refractivity contribution >= 4 is 50.5 Å². The Hall–Kier alpha value is -1.12. The Morgan fingerprint density at radius 1 is 1.04 bits per heavy atom. The molecule has 0 bridgehead atoms. The van der Waals surface area contributed by atoms with Gasteiger partial charge in [-0.05, 0) is 42.3 Å². The summed E-state index contributed by atoms with van der Waals surface area (Å²) in [7, 11) is -3.23. The highest BCUT2D eigenvalue weighted by molar-refractivity contribution is 7.88. The fraction of sp³-hybridized carbons (Fsp3) is 0.353. The van der Waals surface area contributed by atoms with Gasteiger partial charge in [-0.3, -0.25) is 4.79 Å². The first-order valence-electron chi connectivity index (χ1n) is 8.05. The Kier molecular flexibility index (Phi) is 5.94. The molecule has 26 heavy (non-hydrogen) atoms. The van der Waals surface area contributed by atoms with Crippen LogP contribution in [0.15, 0.2) is 30.3 Å². The standard InChI is InChI=1S/C17H18Cl2N2O3S2/c1-26(23,24)21-6-2-5-20(7-8-21)17(22)16-4-3-15(25-16)12-9-13(18)11-14(19)10-12/h3-4,9-11H,2,5-8H2,1H3. The van der Waals surface area contributed by atoms with Crippen molar-refractivity contribution < 1.29 is 13.2 Å². The van der Waals surface area contributed by atoms with E-state index in [-0.39, 0.29) is 5.91 Å². The van der Waals surface area contributed by atoms with Crippen LogP contribution in [-0.4, -0.2) is 56.0 Å². The van der Waals surface area contributed by atoms with E-state index >= 15 is 0 Å². The van der Waals surface area contributed by atoms with Crippen LogP contribution in [-0.2, 0) is 10.0 Å². The van der Waals surface area contributed by atoms with E-state index in [1.54, 1.807) is 17.0 Å². The van der Waals surface area contributed by atoms with Gasteiger partial charge in [-0.2, -0.15) is 0 Å². The average molecular weight is 433 g/mol. The molecule has 1 aliphatic heterocycles. The summed E-state index contributed by atoms with van der Waals surface area (Å²) in [6.45, 7) is 1.70. The highest BCUT2D eigenvalue weighted by atomic mass is 35.5. The summed E-state index contributed by atoms with van der Waals surface area (Å²) < 4.78 is 24.8. The number of carbonyl (C=O) groups excluding carboxylic acids is 1. The lowest BCUT2D eigenvalue weighted by Crippen LogP contribution is -2.36. The van der Waals surface area contributed by atoms with Crippen molar-refractivity contribution in [3.63, 3.8) is 0 Å². The van der Waals surface area contributed by atoms with Crippen molar-refractivity contribution in [1.82, 2.24) is 9.21 Å². The number of hydrogen-bond acceptors (Lipinski definition) is 4. The smallest absolute Gasteiger partial charge is 0.263 e. The molecule has 9 heteroatoms. The molecule has 0 radical (unpaired) electrons. The van der Waals surface area contributed by atoms with Gasteiger partial charge in [0.05, 0.1) is 11.1 Å². The summed E-state index contributed by atoms with van der Waals surface area (Å²) in [4.78, 5) is 16.0. The number of sulfonamides is 1. The molecule has 1 aromatic heterocycles. The average Bonchev–Trinajstić information content (AvgIpc) is 2.89. The Balaban J connectivity index is 1.76. The Labute approximate surface area is 167 Å². The zero-order valence-electron chi connectivity index (χ0n) is 14.1. The van der Waals surface area contributed by atoms with E-state index < -0.39 is 10.0 Å². The minimum absolute atomic E-state index is 0.0790. The molecule has 140 valence electrons. The summed E-state index contributed by atoms with van der Waals surface area (Å²) >= 11 is 13.5. The van der Waals surface area contributed by atoms with E-state index in [1.807, 2.05) is 18.2 Å². The number of thiophene rings is 1. The van der Waals surface area contributed by atoms with Crippen LogP contribution in [0.3, 0.4) is 0 Å². The molecule has 0 spiro atoms.